The topological polar surface area (TPSA) is 35.5 Å². The Bertz CT molecular complexity index is 690. The Hall–Kier alpha value is -0.410. The Labute approximate surface area is 261 Å². The van der Waals surface area contributed by atoms with E-state index in [0.717, 1.165) is 31.8 Å². The third-order valence-corrected chi connectivity index (χ3v) is 13.2. The molecule has 0 aromatic heterocycles. The van der Waals surface area contributed by atoms with Crippen molar-refractivity contribution in [3.8, 4) is 0 Å². The van der Waals surface area contributed by atoms with Crippen LogP contribution in [0.3, 0.4) is 0 Å². The molecule has 4 rings (SSSR count). The third-order valence-electron chi connectivity index (χ3n) is 13.2. The summed E-state index contributed by atoms with van der Waals surface area (Å²) in [7, 11) is 0. The van der Waals surface area contributed by atoms with Gasteiger partial charge in [0.15, 0.2) is 0 Å². The summed E-state index contributed by atoms with van der Waals surface area (Å²) in [6.07, 6.45) is 30.4. The fourth-order valence-corrected chi connectivity index (χ4v) is 10.8. The third kappa shape index (κ3) is 7.68. The summed E-state index contributed by atoms with van der Waals surface area (Å²) in [4.78, 5) is 16.1. The lowest BCUT2D eigenvalue weighted by atomic mass is 9.45. The normalized spacial score (nSPS) is 31.3. The maximum absolute atomic E-state index is 16.1. The Morgan fingerprint density at radius 1 is 0.500 bits per heavy atom. The second-order valence-electron chi connectivity index (χ2n) is 15.2. The maximum atomic E-state index is 16.1. The lowest BCUT2D eigenvalue weighted by Crippen LogP contribution is -2.58. The number of hydrogen-bond donors (Lipinski definition) is 0. The van der Waals surface area contributed by atoms with Gasteiger partial charge in [0.05, 0.1) is 12.2 Å². The van der Waals surface area contributed by atoms with E-state index >= 15 is 4.79 Å². The summed E-state index contributed by atoms with van der Waals surface area (Å²) >= 11 is 0. The van der Waals surface area contributed by atoms with Crippen molar-refractivity contribution in [3.63, 3.8) is 0 Å². The number of carbonyl (C=O) groups excluding carboxylic acids is 1. The molecule has 3 nitrogen and oxygen atoms in total. The van der Waals surface area contributed by atoms with E-state index in [1.165, 1.54) is 141 Å². The molecule has 4 aliphatic carbocycles. The zero-order valence-corrected chi connectivity index (χ0v) is 28.6. The molecule has 0 N–H and O–H groups in total. The Kier molecular flexibility index (Phi) is 14.2. The monoisotopic (exact) mass is 587 g/mol. The highest BCUT2D eigenvalue weighted by Crippen LogP contribution is 2.61. The lowest BCUT2D eigenvalue weighted by molar-refractivity contribution is -0.164. The minimum Gasteiger partial charge on any atom is -0.378 e. The Balaban J connectivity index is 1.64. The van der Waals surface area contributed by atoms with Crippen molar-refractivity contribution in [1.82, 2.24) is 0 Å². The zero-order valence-electron chi connectivity index (χ0n) is 28.6. The van der Waals surface area contributed by atoms with E-state index in [1.807, 2.05) is 0 Å². The van der Waals surface area contributed by atoms with Gasteiger partial charge in [-0.2, -0.15) is 0 Å². The second kappa shape index (κ2) is 17.3. The van der Waals surface area contributed by atoms with Gasteiger partial charge in [0.2, 0.25) is 0 Å². The van der Waals surface area contributed by atoms with Crippen molar-refractivity contribution in [2.24, 2.45) is 34.5 Å². The molecule has 4 fully saturated rings. The van der Waals surface area contributed by atoms with Gasteiger partial charge in [-0.05, 0) is 126 Å². The van der Waals surface area contributed by atoms with Crippen molar-refractivity contribution in [2.75, 3.05) is 13.2 Å². The number of hydrogen-bond acceptors (Lipinski definition) is 3. The molecule has 0 amide bonds. The van der Waals surface area contributed by atoms with Crippen LogP contribution in [0.25, 0.3) is 0 Å². The first kappa shape index (κ1) is 34.5. The Morgan fingerprint density at radius 3 is 1.14 bits per heavy atom. The predicted octanol–water partition coefficient (Wildman–Crippen LogP) is 11.3. The van der Waals surface area contributed by atoms with Gasteiger partial charge in [-0.3, -0.25) is 4.79 Å². The molecule has 4 saturated carbocycles. The molecule has 0 spiro atoms. The molecule has 42 heavy (non-hydrogen) atoms. The van der Waals surface area contributed by atoms with Gasteiger partial charge in [0.25, 0.3) is 0 Å². The van der Waals surface area contributed by atoms with Crippen LogP contribution in [-0.2, 0) is 14.3 Å². The van der Waals surface area contributed by atoms with Crippen LogP contribution in [0.4, 0.5) is 0 Å². The number of carbonyl (C=O) groups is 1. The summed E-state index contributed by atoms with van der Waals surface area (Å²) in [6, 6.07) is 0. The second-order valence-corrected chi connectivity index (χ2v) is 15.2. The van der Waals surface area contributed by atoms with E-state index in [-0.39, 0.29) is 10.8 Å². The van der Waals surface area contributed by atoms with Gasteiger partial charge in [-0.25, -0.2) is 0 Å². The number of rotatable bonds is 16. The van der Waals surface area contributed by atoms with E-state index in [0.29, 0.717) is 35.9 Å². The van der Waals surface area contributed by atoms with Gasteiger partial charge in [-0.15, -0.1) is 0 Å². The zero-order chi connectivity index (χ0) is 29.8. The number of ether oxygens (including phenoxy) is 2. The van der Waals surface area contributed by atoms with E-state index in [9.17, 15) is 0 Å². The molecule has 0 saturated heterocycles. The van der Waals surface area contributed by atoms with Gasteiger partial charge < -0.3 is 9.47 Å². The first-order valence-corrected chi connectivity index (χ1v) is 19.3. The first-order chi connectivity index (χ1) is 20.6. The van der Waals surface area contributed by atoms with Crippen LogP contribution in [0.15, 0.2) is 0 Å². The van der Waals surface area contributed by atoms with Gasteiger partial charge >= 0.3 is 0 Å². The van der Waals surface area contributed by atoms with Crippen LogP contribution in [0, 0.1) is 34.5 Å². The van der Waals surface area contributed by atoms with E-state index in [4.69, 9.17) is 9.47 Å². The largest absolute Gasteiger partial charge is 0.378 e. The molecule has 0 bridgehead atoms. The number of Topliss-reactive ketones (excluding diaryl/α,β-unsaturated/α-hetero) is 1. The molecule has 4 aliphatic rings. The molecule has 0 aromatic carbocycles. The highest BCUT2D eigenvalue weighted by molar-refractivity contribution is 5.91. The van der Waals surface area contributed by atoms with Crippen molar-refractivity contribution in [3.05, 3.63) is 0 Å². The van der Waals surface area contributed by atoms with Gasteiger partial charge in [0.1, 0.15) is 5.78 Å². The summed E-state index contributed by atoms with van der Waals surface area (Å²) < 4.78 is 12.7. The van der Waals surface area contributed by atoms with Crippen LogP contribution in [0.1, 0.15) is 182 Å². The molecular formula is C39H70O3. The average molecular weight is 587 g/mol. The quantitative estimate of drug-likeness (QED) is 0.169. The van der Waals surface area contributed by atoms with Crippen LogP contribution >= 0.6 is 0 Å². The minimum atomic E-state index is -0.128. The van der Waals surface area contributed by atoms with Gasteiger partial charge in [0, 0.05) is 24.0 Å². The smallest absolute Gasteiger partial charge is 0.146 e. The fourth-order valence-electron chi connectivity index (χ4n) is 10.8. The van der Waals surface area contributed by atoms with E-state index in [1.54, 1.807) is 0 Å². The first-order valence-electron chi connectivity index (χ1n) is 19.3. The standard InChI is InChI=1S/C39H70O3/c1-5-9-29-41-35-25-21-33(22-26-35)38(7-3,31-17-13-11-14-18-31)37(40)39(8-4,32-19-15-12-16-20-32)34-23-27-36(28-24-34)42-30-10-6-2/h31-36H,5-30H2,1-4H3/t33-,34-,35-,36-,38?,39?. The molecular weight excluding hydrogens is 516 g/mol. The molecule has 0 radical (unpaired) electrons. The van der Waals surface area contributed by atoms with Crippen molar-refractivity contribution < 1.29 is 14.3 Å². The van der Waals surface area contributed by atoms with Crippen LogP contribution < -0.4 is 0 Å². The molecule has 244 valence electrons. The summed E-state index contributed by atoms with van der Waals surface area (Å²) in [5, 5.41) is 0. The van der Waals surface area contributed by atoms with E-state index in [2.05, 4.69) is 27.7 Å². The summed E-state index contributed by atoms with van der Waals surface area (Å²) in [6.45, 7) is 11.2. The molecule has 0 aromatic rings. The Morgan fingerprint density at radius 2 is 0.833 bits per heavy atom. The lowest BCUT2D eigenvalue weighted by Gasteiger charge is -2.57. The molecule has 0 heterocycles. The highest BCUT2D eigenvalue weighted by atomic mass is 16.5. The fraction of sp³-hybridized carbons (Fsp3) is 0.974. The molecule has 3 heteroatoms. The van der Waals surface area contributed by atoms with Crippen molar-refractivity contribution in [2.45, 2.75) is 194 Å². The minimum absolute atomic E-state index is 0.128. The summed E-state index contributed by atoms with van der Waals surface area (Å²) in [5.41, 5.74) is -0.256. The molecule has 2 unspecified atom stereocenters. The molecule has 0 aliphatic heterocycles. The van der Waals surface area contributed by atoms with Crippen LogP contribution in [0.2, 0.25) is 0 Å². The van der Waals surface area contributed by atoms with Crippen molar-refractivity contribution in [1.29, 1.82) is 0 Å². The SMILES string of the molecule is CCCCO[C@H]1CC[C@H](C(CC)(C(=O)C(CC)(C2CCCCC2)[C@H]2CC[C@H](OCCCC)CC2)C2CCCCC2)CC1. The van der Waals surface area contributed by atoms with Gasteiger partial charge in [-0.1, -0.05) is 79.1 Å². The predicted molar refractivity (Wildman–Crippen MR) is 177 cm³/mol. The summed E-state index contributed by atoms with van der Waals surface area (Å²) in [5.74, 6) is 3.06. The number of ketones is 1. The maximum Gasteiger partial charge on any atom is 0.146 e. The highest BCUT2D eigenvalue weighted by Gasteiger charge is 2.60. The van der Waals surface area contributed by atoms with E-state index < -0.39 is 0 Å². The van der Waals surface area contributed by atoms with Crippen LogP contribution in [-0.4, -0.2) is 31.2 Å². The average Bonchev–Trinajstić information content (AvgIpc) is 3.05. The number of unbranched alkanes of at least 4 members (excludes halogenated alkanes) is 2. The molecule has 2 atom stereocenters. The van der Waals surface area contributed by atoms with Crippen molar-refractivity contribution >= 4 is 5.78 Å². The van der Waals surface area contributed by atoms with Crippen LogP contribution in [0.5, 0.6) is 0 Å².